The second kappa shape index (κ2) is 8.67. The van der Waals surface area contributed by atoms with Gasteiger partial charge >= 0.3 is 11.9 Å². The number of aromatic hydroxyl groups is 1. The van der Waals surface area contributed by atoms with Crippen molar-refractivity contribution in [2.24, 2.45) is 0 Å². The SMILES string of the molecule is O=C(OOC(=O)c1ccccc1CCc1ccccc1)c1ccc(O)cc1. The van der Waals surface area contributed by atoms with E-state index in [1.165, 1.54) is 29.8 Å². The highest BCUT2D eigenvalue weighted by Gasteiger charge is 2.17. The van der Waals surface area contributed by atoms with Crippen LogP contribution in [0.1, 0.15) is 31.8 Å². The largest absolute Gasteiger partial charge is 0.508 e. The molecule has 0 fully saturated rings. The summed E-state index contributed by atoms with van der Waals surface area (Å²) in [5.74, 6) is -1.52. The maximum Gasteiger partial charge on any atom is 0.386 e. The predicted octanol–water partition coefficient (Wildman–Crippen LogP) is 4.11. The summed E-state index contributed by atoms with van der Waals surface area (Å²) in [4.78, 5) is 33.6. The molecular weight excluding hydrogens is 344 g/mol. The van der Waals surface area contributed by atoms with Crippen LogP contribution in [0.25, 0.3) is 0 Å². The van der Waals surface area contributed by atoms with E-state index in [0.29, 0.717) is 12.0 Å². The molecule has 0 aliphatic carbocycles. The molecule has 0 saturated carbocycles. The van der Waals surface area contributed by atoms with Crippen molar-refractivity contribution in [1.29, 1.82) is 0 Å². The monoisotopic (exact) mass is 362 g/mol. The van der Waals surface area contributed by atoms with Crippen molar-refractivity contribution in [2.75, 3.05) is 0 Å². The fourth-order valence-corrected chi connectivity index (χ4v) is 2.63. The number of rotatable bonds is 5. The minimum atomic E-state index is -0.815. The van der Waals surface area contributed by atoms with Gasteiger partial charge in [0.2, 0.25) is 0 Å². The van der Waals surface area contributed by atoms with Gasteiger partial charge in [0.1, 0.15) is 5.75 Å². The van der Waals surface area contributed by atoms with Crippen molar-refractivity contribution in [3.63, 3.8) is 0 Å². The Morgan fingerprint density at radius 1 is 0.704 bits per heavy atom. The van der Waals surface area contributed by atoms with Crippen LogP contribution < -0.4 is 0 Å². The van der Waals surface area contributed by atoms with Gasteiger partial charge in [-0.2, -0.15) is 0 Å². The van der Waals surface area contributed by atoms with Crippen LogP contribution >= 0.6 is 0 Å². The topological polar surface area (TPSA) is 72.8 Å². The van der Waals surface area contributed by atoms with Crippen LogP contribution in [0.2, 0.25) is 0 Å². The van der Waals surface area contributed by atoms with Crippen molar-refractivity contribution in [1.82, 2.24) is 0 Å². The minimum Gasteiger partial charge on any atom is -0.508 e. The summed E-state index contributed by atoms with van der Waals surface area (Å²) >= 11 is 0. The molecule has 0 atom stereocenters. The van der Waals surface area contributed by atoms with Crippen LogP contribution in [0.15, 0.2) is 78.9 Å². The number of hydrogen-bond acceptors (Lipinski definition) is 5. The Balaban J connectivity index is 1.62. The molecule has 0 spiro atoms. The number of aryl methyl sites for hydroxylation is 2. The summed E-state index contributed by atoms with van der Waals surface area (Å²) in [5.41, 5.74) is 2.50. The van der Waals surface area contributed by atoms with Gasteiger partial charge in [-0.15, -0.1) is 0 Å². The molecule has 3 rings (SSSR count). The Morgan fingerprint density at radius 2 is 1.33 bits per heavy atom. The highest BCUT2D eigenvalue weighted by Crippen LogP contribution is 2.15. The number of phenols is 1. The summed E-state index contributed by atoms with van der Waals surface area (Å²) in [6.07, 6.45) is 1.43. The molecule has 3 aromatic rings. The standard InChI is InChI=1S/C22H18O5/c23-19-14-12-18(13-15-19)21(24)26-27-22(25)20-9-5-4-8-17(20)11-10-16-6-2-1-3-7-16/h1-9,12-15,23H,10-11H2. The van der Waals surface area contributed by atoms with Crippen molar-refractivity contribution in [2.45, 2.75) is 12.8 Å². The second-order valence-electron chi connectivity index (χ2n) is 5.93. The molecule has 5 heteroatoms. The Hall–Kier alpha value is -3.60. The molecule has 0 aliphatic rings. The van der Waals surface area contributed by atoms with Gasteiger partial charge in [-0.25, -0.2) is 19.4 Å². The van der Waals surface area contributed by atoms with E-state index in [1.807, 2.05) is 42.5 Å². The Morgan fingerprint density at radius 3 is 2.07 bits per heavy atom. The Bertz CT molecular complexity index is 917. The average Bonchev–Trinajstić information content (AvgIpc) is 2.71. The van der Waals surface area contributed by atoms with Gasteiger partial charge in [0, 0.05) is 0 Å². The predicted molar refractivity (Wildman–Crippen MR) is 99.2 cm³/mol. The van der Waals surface area contributed by atoms with Crippen LogP contribution in [0.5, 0.6) is 5.75 Å². The van der Waals surface area contributed by atoms with Crippen LogP contribution in [0.3, 0.4) is 0 Å². The molecule has 0 unspecified atom stereocenters. The third kappa shape index (κ3) is 4.95. The summed E-state index contributed by atoms with van der Waals surface area (Å²) in [7, 11) is 0. The molecule has 0 aromatic heterocycles. The third-order valence-electron chi connectivity index (χ3n) is 4.06. The van der Waals surface area contributed by atoms with Crippen molar-refractivity contribution < 1.29 is 24.5 Å². The van der Waals surface area contributed by atoms with Crippen LogP contribution in [0.4, 0.5) is 0 Å². The summed E-state index contributed by atoms with van der Waals surface area (Å²) in [6, 6.07) is 22.4. The van der Waals surface area contributed by atoms with E-state index < -0.39 is 11.9 Å². The quantitative estimate of drug-likeness (QED) is 0.546. The van der Waals surface area contributed by atoms with E-state index in [2.05, 4.69) is 4.89 Å². The van der Waals surface area contributed by atoms with Crippen LogP contribution in [0, 0.1) is 0 Å². The molecule has 0 aliphatic heterocycles. The maximum absolute atomic E-state index is 12.3. The fraction of sp³-hybridized carbons (Fsp3) is 0.0909. The van der Waals surface area contributed by atoms with Gasteiger partial charge in [0.15, 0.2) is 0 Å². The van der Waals surface area contributed by atoms with Gasteiger partial charge in [-0.05, 0) is 54.3 Å². The summed E-state index contributed by atoms with van der Waals surface area (Å²) in [5, 5.41) is 9.23. The highest BCUT2D eigenvalue weighted by molar-refractivity contribution is 5.93. The first-order chi connectivity index (χ1) is 13.1. The lowest BCUT2D eigenvalue weighted by Crippen LogP contribution is -2.13. The summed E-state index contributed by atoms with van der Waals surface area (Å²) in [6.45, 7) is 0. The van der Waals surface area contributed by atoms with Crippen molar-refractivity contribution in [3.05, 3.63) is 101 Å². The lowest BCUT2D eigenvalue weighted by molar-refractivity contribution is -0.187. The first-order valence-corrected chi connectivity index (χ1v) is 8.47. The number of carbonyl (C=O) groups excluding carboxylic acids is 2. The smallest absolute Gasteiger partial charge is 0.386 e. The highest BCUT2D eigenvalue weighted by atomic mass is 17.2. The number of hydrogen-bond donors (Lipinski definition) is 1. The zero-order chi connectivity index (χ0) is 19.1. The van der Waals surface area contributed by atoms with Crippen LogP contribution in [-0.2, 0) is 22.6 Å². The molecule has 136 valence electrons. The van der Waals surface area contributed by atoms with Gasteiger partial charge in [0.05, 0.1) is 11.1 Å². The molecular formula is C22H18O5. The minimum absolute atomic E-state index is 0.0240. The summed E-state index contributed by atoms with van der Waals surface area (Å²) < 4.78 is 0. The van der Waals surface area contributed by atoms with E-state index in [9.17, 15) is 14.7 Å². The molecule has 5 nitrogen and oxygen atoms in total. The average molecular weight is 362 g/mol. The van der Waals surface area contributed by atoms with Gasteiger partial charge < -0.3 is 5.11 Å². The molecule has 1 N–H and O–H groups in total. The first kappa shape index (κ1) is 18.2. The molecule has 0 saturated heterocycles. The first-order valence-electron chi connectivity index (χ1n) is 8.47. The van der Waals surface area contributed by atoms with Gasteiger partial charge in [0.25, 0.3) is 0 Å². The molecule has 0 amide bonds. The van der Waals surface area contributed by atoms with E-state index in [0.717, 1.165) is 12.0 Å². The molecule has 0 bridgehead atoms. The zero-order valence-corrected chi connectivity index (χ0v) is 14.5. The number of carbonyl (C=O) groups is 2. The van der Waals surface area contributed by atoms with Crippen molar-refractivity contribution >= 4 is 11.9 Å². The second-order valence-corrected chi connectivity index (χ2v) is 5.93. The van der Waals surface area contributed by atoms with Crippen LogP contribution in [-0.4, -0.2) is 17.0 Å². The molecule has 0 radical (unpaired) electrons. The fourth-order valence-electron chi connectivity index (χ4n) is 2.63. The zero-order valence-electron chi connectivity index (χ0n) is 14.5. The van der Waals surface area contributed by atoms with Crippen molar-refractivity contribution in [3.8, 4) is 5.75 Å². The molecule has 0 heterocycles. The molecule has 27 heavy (non-hydrogen) atoms. The van der Waals surface area contributed by atoms with E-state index in [4.69, 9.17) is 4.89 Å². The number of benzene rings is 3. The van der Waals surface area contributed by atoms with Gasteiger partial charge in [-0.3, -0.25) is 0 Å². The number of phenolic OH excluding ortho intramolecular Hbond substituents is 1. The van der Waals surface area contributed by atoms with E-state index in [1.54, 1.807) is 12.1 Å². The lowest BCUT2D eigenvalue weighted by atomic mass is 10.00. The Labute approximate surface area is 156 Å². The third-order valence-corrected chi connectivity index (χ3v) is 4.06. The maximum atomic E-state index is 12.3. The van der Waals surface area contributed by atoms with E-state index in [-0.39, 0.29) is 11.3 Å². The normalized spacial score (nSPS) is 10.2. The lowest BCUT2D eigenvalue weighted by Gasteiger charge is -2.08. The Kier molecular flexibility index (Phi) is 5.84. The van der Waals surface area contributed by atoms with Gasteiger partial charge in [-0.1, -0.05) is 48.5 Å². The van der Waals surface area contributed by atoms with E-state index >= 15 is 0 Å². The molecule has 3 aromatic carbocycles.